The number of para-hydroxylation sites is 2. The summed E-state index contributed by atoms with van der Waals surface area (Å²) in [4.78, 5) is 18.4. The molecule has 148 valence electrons. The molecule has 1 aromatic carbocycles. The Balaban J connectivity index is 1.77. The van der Waals surface area contributed by atoms with E-state index in [0.717, 1.165) is 11.1 Å². The summed E-state index contributed by atoms with van der Waals surface area (Å²) in [5, 5.41) is 0. The molecule has 0 saturated heterocycles. The first-order chi connectivity index (χ1) is 13.4. The van der Waals surface area contributed by atoms with Crippen LogP contribution >= 0.6 is 0 Å². The largest absolute Gasteiger partial charge is 0.493 e. The number of ether oxygens (including phenoxy) is 3. The zero-order valence-electron chi connectivity index (χ0n) is 16.8. The van der Waals surface area contributed by atoms with E-state index in [0.29, 0.717) is 36.9 Å². The first-order valence-corrected chi connectivity index (χ1v) is 9.30. The molecule has 2 heterocycles. The zero-order valence-corrected chi connectivity index (χ0v) is 16.8. The van der Waals surface area contributed by atoms with Crippen molar-refractivity contribution in [3.63, 3.8) is 0 Å². The molecule has 28 heavy (non-hydrogen) atoms. The Bertz CT molecular complexity index is 871. The molecular weight excluding hydrogens is 356 g/mol. The van der Waals surface area contributed by atoms with Crippen LogP contribution in [0.1, 0.15) is 32.8 Å². The average molecular weight is 382 g/mol. The van der Waals surface area contributed by atoms with Gasteiger partial charge in [-0.15, -0.1) is 0 Å². The van der Waals surface area contributed by atoms with Crippen molar-refractivity contribution in [2.75, 3.05) is 20.2 Å². The third kappa shape index (κ3) is 4.82. The van der Waals surface area contributed by atoms with Crippen molar-refractivity contribution >= 4 is 11.7 Å². The second-order valence-corrected chi connectivity index (χ2v) is 7.51. The molecule has 1 amide bonds. The van der Waals surface area contributed by atoms with E-state index in [1.54, 1.807) is 18.2 Å². The number of amides is 1. The number of carbonyl (C=O) groups excluding carboxylic acids is 1. The Labute approximate surface area is 165 Å². The van der Waals surface area contributed by atoms with Crippen LogP contribution < -0.4 is 9.47 Å². The third-order valence-electron chi connectivity index (χ3n) is 4.25. The molecule has 0 atom stereocenters. The van der Waals surface area contributed by atoms with Gasteiger partial charge in [0.2, 0.25) is 5.88 Å². The fraction of sp³-hybridized carbons (Fsp3) is 0.364. The van der Waals surface area contributed by atoms with Crippen molar-refractivity contribution in [2.45, 2.75) is 32.8 Å². The van der Waals surface area contributed by atoms with Crippen LogP contribution in [-0.4, -0.2) is 41.8 Å². The van der Waals surface area contributed by atoms with E-state index < -0.39 is 5.60 Å². The van der Waals surface area contributed by atoms with Gasteiger partial charge in [-0.05, 0) is 57.0 Å². The van der Waals surface area contributed by atoms with E-state index in [-0.39, 0.29) is 6.09 Å². The molecule has 0 bridgehead atoms. The van der Waals surface area contributed by atoms with Crippen molar-refractivity contribution in [1.82, 2.24) is 9.88 Å². The summed E-state index contributed by atoms with van der Waals surface area (Å²) in [5.74, 6) is 1.77. The predicted octanol–water partition coefficient (Wildman–Crippen LogP) is 4.91. The van der Waals surface area contributed by atoms with Crippen molar-refractivity contribution in [3.05, 3.63) is 54.2 Å². The first-order valence-electron chi connectivity index (χ1n) is 9.30. The van der Waals surface area contributed by atoms with Gasteiger partial charge in [0.05, 0.1) is 7.11 Å². The van der Waals surface area contributed by atoms with Gasteiger partial charge >= 0.3 is 6.09 Å². The summed E-state index contributed by atoms with van der Waals surface area (Å²) >= 11 is 0. The molecule has 0 radical (unpaired) electrons. The van der Waals surface area contributed by atoms with Gasteiger partial charge < -0.3 is 19.1 Å². The molecule has 0 fully saturated rings. The maximum Gasteiger partial charge on any atom is 0.410 e. The molecule has 3 rings (SSSR count). The van der Waals surface area contributed by atoms with Gasteiger partial charge in [0.25, 0.3) is 0 Å². The van der Waals surface area contributed by atoms with Crippen LogP contribution in [0.25, 0.3) is 5.57 Å². The Kier molecular flexibility index (Phi) is 5.87. The van der Waals surface area contributed by atoms with Crippen LogP contribution in [0.2, 0.25) is 0 Å². The molecule has 0 aliphatic carbocycles. The fourth-order valence-electron chi connectivity index (χ4n) is 2.93. The van der Waals surface area contributed by atoms with Crippen molar-refractivity contribution in [2.24, 2.45) is 0 Å². The second-order valence-electron chi connectivity index (χ2n) is 7.51. The zero-order chi connectivity index (χ0) is 20.1. The number of carbonyl (C=O) groups is 1. The minimum Gasteiger partial charge on any atom is -0.493 e. The highest BCUT2D eigenvalue weighted by atomic mass is 16.6. The second kappa shape index (κ2) is 8.33. The van der Waals surface area contributed by atoms with Crippen LogP contribution in [0.15, 0.2) is 48.7 Å². The molecule has 1 aliphatic rings. The van der Waals surface area contributed by atoms with Gasteiger partial charge in [0.1, 0.15) is 5.60 Å². The number of pyridine rings is 1. The molecule has 6 nitrogen and oxygen atoms in total. The summed E-state index contributed by atoms with van der Waals surface area (Å²) in [6, 6.07) is 11.3. The van der Waals surface area contributed by atoms with E-state index in [1.165, 1.54) is 0 Å². The minimum absolute atomic E-state index is 0.292. The average Bonchev–Trinajstić information content (AvgIpc) is 2.68. The molecule has 2 aromatic rings. The number of rotatable bonds is 4. The van der Waals surface area contributed by atoms with Crippen molar-refractivity contribution in [3.8, 4) is 17.4 Å². The summed E-state index contributed by atoms with van der Waals surface area (Å²) in [6.45, 7) is 6.69. The monoisotopic (exact) mass is 382 g/mol. The Morgan fingerprint density at radius 2 is 1.86 bits per heavy atom. The third-order valence-corrected chi connectivity index (χ3v) is 4.25. The Morgan fingerprint density at radius 1 is 1.11 bits per heavy atom. The summed E-state index contributed by atoms with van der Waals surface area (Å²) in [6.07, 6.45) is 4.14. The van der Waals surface area contributed by atoms with E-state index >= 15 is 0 Å². The highest BCUT2D eigenvalue weighted by Gasteiger charge is 2.25. The topological polar surface area (TPSA) is 60.9 Å². The molecule has 0 spiro atoms. The molecule has 1 aromatic heterocycles. The summed E-state index contributed by atoms with van der Waals surface area (Å²) in [5.41, 5.74) is 1.51. The number of benzene rings is 1. The highest BCUT2D eigenvalue weighted by molar-refractivity contribution is 5.74. The minimum atomic E-state index is -0.500. The van der Waals surface area contributed by atoms with Gasteiger partial charge in [-0.2, -0.15) is 0 Å². The molecular formula is C22H26N2O4. The lowest BCUT2D eigenvalue weighted by Gasteiger charge is -2.29. The maximum atomic E-state index is 12.3. The molecule has 0 unspecified atom stereocenters. The number of hydrogen-bond acceptors (Lipinski definition) is 5. The van der Waals surface area contributed by atoms with Gasteiger partial charge in [-0.3, -0.25) is 0 Å². The quantitative estimate of drug-likeness (QED) is 0.752. The lowest BCUT2D eigenvalue weighted by atomic mass is 10.0. The molecule has 0 saturated carbocycles. The van der Waals surface area contributed by atoms with Crippen LogP contribution in [0.3, 0.4) is 0 Å². The number of aromatic nitrogens is 1. The molecule has 0 N–H and O–H groups in total. The highest BCUT2D eigenvalue weighted by Crippen LogP contribution is 2.35. The first kappa shape index (κ1) is 19.7. The van der Waals surface area contributed by atoms with Gasteiger partial charge in [-0.25, -0.2) is 9.78 Å². The lowest BCUT2D eigenvalue weighted by Crippen LogP contribution is -2.39. The van der Waals surface area contributed by atoms with Crippen LogP contribution in [0.4, 0.5) is 4.79 Å². The SMILES string of the molecule is COc1ccccc1Oc1ncccc1C1=CCN(C(=O)OC(C)(C)C)CC1. The van der Waals surface area contributed by atoms with Gasteiger partial charge in [0, 0.05) is 24.8 Å². The standard InChI is InChI=1S/C22H26N2O4/c1-22(2,3)28-21(25)24-14-11-16(12-15-24)17-8-7-13-23-20(17)27-19-10-6-5-9-18(19)26-4/h5-11,13H,12,14-15H2,1-4H3. The molecule has 6 heteroatoms. The van der Waals surface area contributed by atoms with Crippen molar-refractivity contribution in [1.29, 1.82) is 0 Å². The summed E-state index contributed by atoms with van der Waals surface area (Å²) < 4.78 is 16.9. The van der Waals surface area contributed by atoms with Crippen LogP contribution in [0, 0.1) is 0 Å². The normalized spacial score (nSPS) is 14.3. The number of nitrogens with zero attached hydrogens (tertiary/aromatic N) is 2. The number of hydrogen-bond donors (Lipinski definition) is 0. The van der Waals surface area contributed by atoms with Crippen LogP contribution in [-0.2, 0) is 4.74 Å². The molecule has 1 aliphatic heterocycles. The fourth-order valence-corrected chi connectivity index (χ4v) is 2.93. The lowest BCUT2D eigenvalue weighted by molar-refractivity contribution is 0.0270. The van der Waals surface area contributed by atoms with Gasteiger partial charge in [0.15, 0.2) is 11.5 Å². The number of methoxy groups -OCH3 is 1. The smallest absolute Gasteiger partial charge is 0.410 e. The Morgan fingerprint density at radius 3 is 2.50 bits per heavy atom. The summed E-state index contributed by atoms with van der Waals surface area (Å²) in [7, 11) is 1.61. The van der Waals surface area contributed by atoms with E-state index in [9.17, 15) is 4.79 Å². The van der Waals surface area contributed by atoms with E-state index in [4.69, 9.17) is 14.2 Å². The van der Waals surface area contributed by atoms with E-state index in [2.05, 4.69) is 4.98 Å². The maximum absolute atomic E-state index is 12.3. The van der Waals surface area contributed by atoms with Crippen molar-refractivity contribution < 1.29 is 19.0 Å². The Hall–Kier alpha value is -3.02. The predicted molar refractivity (Wildman–Crippen MR) is 108 cm³/mol. The van der Waals surface area contributed by atoms with E-state index in [1.807, 2.05) is 63.2 Å². The van der Waals surface area contributed by atoms with Gasteiger partial charge in [-0.1, -0.05) is 18.2 Å². The van der Waals surface area contributed by atoms with Crippen LogP contribution in [0.5, 0.6) is 17.4 Å².